The van der Waals surface area contributed by atoms with Crippen molar-refractivity contribution in [1.29, 1.82) is 0 Å². The summed E-state index contributed by atoms with van der Waals surface area (Å²) in [7, 11) is 0. The lowest BCUT2D eigenvalue weighted by Crippen LogP contribution is -2.31. The molecule has 0 aromatic heterocycles. The predicted molar refractivity (Wildman–Crippen MR) is 81.6 cm³/mol. The second-order valence-electron chi connectivity index (χ2n) is 5.32. The predicted octanol–water partition coefficient (Wildman–Crippen LogP) is 3.15. The van der Waals surface area contributed by atoms with Gasteiger partial charge >= 0.3 is 5.97 Å². The van der Waals surface area contributed by atoms with Crippen molar-refractivity contribution in [2.75, 3.05) is 6.54 Å². The van der Waals surface area contributed by atoms with Crippen LogP contribution in [0.2, 0.25) is 10.0 Å². The van der Waals surface area contributed by atoms with Crippen LogP contribution in [-0.2, 0) is 16.0 Å². The zero-order valence-electron chi connectivity index (χ0n) is 11.4. The molecule has 1 aliphatic rings. The maximum Gasteiger partial charge on any atom is 0.306 e. The molecule has 1 saturated carbocycles. The van der Waals surface area contributed by atoms with Crippen molar-refractivity contribution in [2.24, 2.45) is 11.8 Å². The van der Waals surface area contributed by atoms with Gasteiger partial charge in [0.15, 0.2) is 0 Å². The largest absolute Gasteiger partial charge is 0.481 e. The van der Waals surface area contributed by atoms with Gasteiger partial charge in [-0.3, -0.25) is 9.59 Å². The normalized spacial score (nSPS) is 21.2. The van der Waals surface area contributed by atoms with Gasteiger partial charge in [-0.1, -0.05) is 29.3 Å². The van der Waals surface area contributed by atoms with Gasteiger partial charge in [0.05, 0.1) is 5.92 Å². The number of hydrogen-bond donors (Lipinski definition) is 2. The molecule has 0 unspecified atom stereocenters. The third-order valence-corrected chi connectivity index (χ3v) is 4.45. The Morgan fingerprint density at radius 1 is 1.24 bits per heavy atom. The minimum Gasteiger partial charge on any atom is -0.481 e. The van der Waals surface area contributed by atoms with Crippen molar-refractivity contribution in [1.82, 2.24) is 5.32 Å². The van der Waals surface area contributed by atoms with Crippen molar-refractivity contribution >= 4 is 35.1 Å². The molecular weight excluding hydrogens is 313 g/mol. The quantitative estimate of drug-likeness (QED) is 0.871. The van der Waals surface area contributed by atoms with Crippen molar-refractivity contribution in [2.45, 2.75) is 25.7 Å². The van der Waals surface area contributed by atoms with Crippen molar-refractivity contribution in [3.63, 3.8) is 0 Å². The van der Waals surface area contributed by atoms with E-state index in [-0.39, 0.29) is 17.7 Å². The maximum atomic E-state index is 12.0. The minimum absolute atomic E-state index is 0.0659. The smallest absolute Gasteiger partial charge is 0.306 e. The third kappa shape index (κ3) is 4.35. The van der Waals surface area contributed by atoms with Crippen LogP contribution in [0.5, 0.6) is 0 Å². The first kappa shape index (κ1) is 16.1. The van der Waals surface area contributed by atoms with Gasteiger partial charge in [-0.15, -0.1) is 0 Å². The third-order valence-electron chi connectivity index (χ3n) is 3.86. The van der Waals surface area contributed by atoms with E-state index in [9.17, 15) is 9.59 Å². The van der Waals surface area contributed by atoms with Gasteiger partial charge in [-0.25, -0.2) is 0 Å². The fourth-order valence-electron chi connectivity index (χ4n) is 2.63. The number of carboxylic acids is 1. The molecule has 2 N–H and O–H groups in total. The molecule has 0 spiro atoms. The summed E-state index contributed by atoms with van der Waals surface area (Å²) in [5.41, 5.74) is 0.927. The van der Waals surface area contributed by atoms with Crippen LogP contribution < -0.4 is 5.32 Å². The van der Waals surface area contributed by atoms with Gasteiger partial charge in [0.1, 0.15) is 0 Å². The number of hydrogen-bond acceptors (Lipinski definition) is 2. The average molecular weight is 330 g/mol. The Hall–Kier alpha value is -1.26. The van der Waals surface area contributed by atoms with Crippen LogP contribution in [0.25, 0.3) is 0 Å². The molecule has 1 fully saturated rings. The van der Waals surface area contributed by atoms with Crippen LogP contribution >= 0.6 is 23.2 Å². The SMILES string of the molecule is O=C(O)[C@H]1CC[C@@H](C(=O)NCCc2ccc(Cl)cc2Cl)C1. The fraction of sp³-hybridized carbons (Fsp3) is 0.467. The first-order valence-electron chi connectivity index (χ1n) is 6.92. The second-order valence-corrected chi connectivity index (χ2v) is 6.17. The molecule has 1 aromatic carbocycles. The molecule has 1 amide bonds. The van der Waals surface area contributed by atoms with E-state index in [1.807, 2.05) is 6.07 Å². The summed E-state index contributed by atoms with van der Waals surface area (Å²) in [4.78, 5) is 22.9. The Bertz CT molecular complexity index is 548. The Morgan fingerprint density at radius 2 is 1.95 bits per heavy atom. The highest BCUT2D eigenvalue weighted by molar-refractivity contribution is 6.35. The topological polar surface area (TPSA) is 66.4 Å². The van der Waals surface area contributed by atoms with Crippen LogP contribution in [-0.4, -0.2) is 23.5 Å². The number of nitrogens with one attached hydrogen (secondary N) is 1. The number of amides is 1. The van der Waals surface area contributed by atoms with Gasteiger partial charge in [-0.05, 0) is 43.4 Å². The lowest BCUT2D eigenvalue weighted by molar-refractivity contribution is -0.141. The van der Waals surface area contributed by atoms with Crippen LogP contribution in [0.4, 0.5) is 0 Å². The van der Waals surface area contributed by atoms with Crippen LogP contribution in [0.1, 0.15) is 24.8 Å². The van der Waals surface area contributed by atoms with Crippen molar-refractivity contribution in [3.05, 3.63) is 33.8 Å². The van der Waals surface area contributed by atoms with E-state index in [0.29, 0.717) is 42.3 Å². The molecule has 4 nitrogen and oxygen atoms in total. The molecule has 0 bridgehead atoms. The van der Waals surface area contributed by atoms with Crippen LogP contribution in [0, 0.1) is 11.8 Å². The monoisotopic (exact) mass is 329 g/mol. The molecule has 2 rings (SSSR count). The maximum absolute atomic E-state index is 12.0. The van der Waals surface area contributed by atoms with E-state index < -0.39 is 5.97 Å². The highest BCUT2D eigenvalue weighted by Crippen LogP contribution is 2.31. The molecule has 0 radical (unpaired) electrons. The number of carboxylic acid groups (broad SMARTS) is 1. The van der Waals surface area contributed by atoms with Gasteiger partial charge in [0.2, 0.25) is 5.91 Å². The minimum atomic E-state index is -0.807. The summed E-state index contributed by atoms with van der Waals surface area (Å²) in [6, 6.07) is 5.28. The molecule has 21 heavy (non-hydrogen) atoms. The van der Waals surface area contributed by atoms with Gasteiger partial charge < -0.3 is 10.4 Å². The van der Waals surface area contributed by atoms with E-state index in [2.05, 4.69) is 5.32 Å². The zero-order valence-corrected chi connectivity index (χ0v) is 13.0. The van der Waals surface area contributed by atoms with E-state index in [1.165, 1.54) is 0 Å². The molecule has 114 valence electrons. The highest BCUT2D eigenvalue weighted by Gasteiger charge is 2.33. The fourth-order valence-corrected chi connectivity index (χ4v) is 3.14. The molecule has 1 aliphatic carbocycles. The Balaban J connectivity index is 1.78. The van der Waals surface area contributed by atoms with Gasteiger partial charge in [0.25, 0.3) is 0 Å². The average Bonchev–Trinajstić information content (AvgIpc) is 2.91. The Morgan fingerprint density at radius 3 is 2.57 bits per heavy atom. The lowest BCUT2D eigenvalue weighted by Gasteiger charge is -2.11. The van der Waals surface area contributed by atoms with Crippen LogP contribution in [0.3, 0.4) is 0 Å². The summed E-state index contributed by atoms with van der Waals surface area (Å²) in [6.45, 7) is 0.481. The highest BCUT2D eigenvalue weighted by atomic mass is 35.5. The van der Waals surface area contributed by atoms with Crippen LogP contribution in [0.15, 0.2) is 18.2 Å². The molecular formula is C15H17Cl2NO3. The molecule has 0 saturated heterocycles. The molecule has 0 heterocycles. The summed E-state index contributed by atoms with van der Waals surface area (Å²) in [5, 5.41) is 13.0. The van der Waals surface area contributed by atoms with E-state index in [1.54, 1.807) is 12.1 Å². The van der Waals surface area contributed by atoms with E-state index in [0.717, 1.165) is 5.56 Å². The number of benzene rings is 1. The molecule has 2 atom stereocenters. The number of carbonyl (C=O) groups excluding carboxylic acids is 1. The van der Waals surface area contributed by atoms with Crippen molar-refractivity contribution < 1.29 is 14.7 Å². The van der Waals surface area contributed by atoms with Crippen molar-refractivity contribution in [3.8, 4) is 0 Å². The summed E-state index contributed by atoms with van der Waals surface area (Å²) < 4.78 is 0. The lowest BCUT2D eigenvalue weighted by atomic mass is 10.0. The molecule has 6 heteroatoms. The van der Waals surface area contributed by atoms with Gasteiger partial charge in [0, 0.05) is 22.5 Å². The summed E-state index contributed by atoms with van der Waals surface area (Å²) in [6.07, 6.45) is 2.28. The first-order valence-corrected chi connectivity index (χ1v) is 7.67. The number of halogens is 2. The Labute approximate surface area is 133 Å². The standard InChI is InChI=1S/C15H17Cl2NO3/c16-12-4-3-9(13(17)8-12)5-6-18-14(19)10-1-2-11(7-10)15(20)21/h3-4,8,10-11H,1-2,5-7H2,(H,18,19)(H,20,21)/t10-,11+/m1/s1. The van der Waals surface area contributed by atoms with Gasteiger partial charge in [-0.2, -0.15) is 0 Å². The first-order chi connectivity index (χ1) is 9.97. The molecule has 1 aromatic rings. The number of carbonyl (C=O) groups is 2. The second kappa shape index (κ2) is 7.14. The van der Waals surface area contributed by atoms with E-state index >= 15 is 0 Å². The zero-order chi connectivity index (χ0) is 15.4. The molecule has 0 aliphatic heterocycles. The summed E-state index contributed by atoms with van der Waals surface area (Å²) >= 11 is 11.9. The van der Waals surface area contributed by atoms with E-state index in [4.69, 9.17) is 28.3 Å². The summed E-state index contributed by atoms with van der Waals surface area (Å²) in [5.74, 6) is -1.44. The number of aliphatic carboxylic acids is 1. The number of rotatable bonds is 5. The Kier molecular flexibility index (Phi) is 5.48.